The first-order chi connectivity index (χ1) is 34.5. The number of pyridine rings is 1. The van der Waals surface area contributed by atoms with Crippen LogP contribution in [0.2, 0.25) is 0 Å². The van der Waals surface area contributed by atoms with Gasteiger partial charge in [-0.25, -0.2) is 4.98 Å². The Bertz CT molecular complexity index is 3070. The van der Waals surface area contributed by atoms with E-state index in [0.29, 0.717) is 0 Å². The van der Waals surface area contributed by atoms with Gasteiger partial charge in [0, 0.05) is 100 Å². The SMILES string of the molecule is CCCCCCc1ccc(-c2cc3c4cc(-c5ccc(CCCCCC)s5)sc4c4nc5c(cc4c3s2)c2sc(-c3ccc(CCCCCC)s3)cc2c2cc(-c3ccc(CCCCCC)s3)sc25)s1. The van der Waals surface area contributed by atoms with Crippen molar-refractivity contribution in [1.29, 1.82) is 0 Å². The Morgan fingerprint density at radius 1 is 0.271 bits per heavy atom. The van der Waals surface area contributed by atoms with Crippen molar-refractivity contribution in [2.45, 2.75) is 156 Å². The van der Waals surface area contributed by atoms with E-state index in [1.807, 2.05) is 90.7 Å². The second-order valence-electron chi connectivity index (χ2n) is 19.5. The number of rotatable bonds is 24. The molecule has 11 aromatic rings. The third-order valence-corrected chi connectivity index (χ3v) is 24.2. The van der Waals surface area contributed by atoms with E-state index >= 15 is 0 Å². The molecule has 0 bridgehead atoms. The molecule has 0 amide bonds. The average Bonchev–Trinajstić information content (AvgIpc) is 4.23. The lowest BCUT2D eigenvalue weighted by atomic mass is 10.0. The lowest BCUT2D eigenvalue weighted by Crippen LogP contribution is -1.85. The summed E-state index contributed by atoms with van der Waals surface area (Å²) in [4.78, 5) is 23.2. The van der Waals surface area contributed by atoms with Gasteiger partial charge in [-0.05, 0) is 130 Å². The molecule has 0 aliphatic rings. The fourth-order valence-electron chi connectivity index (χ4n) is 10.3. The zero-order valence-corrected chi connectivity index (χ0v) is 47.9. The minimum atomic E-state index is 1.17. The highest BCUT2D eigenvalue weighted by atomic mass is 32.1. The summed E-state index contributed by atoms with van der Waals surface area (Å²) in [5.41, 5.74) is 2.34. The summed E-state index contributed by atoms with van der Waals surface area (Å²) in [6.07, 6.45) is 25.6. The van der Waals surface area contributed by atoms with E-state index < -0.39 is 0 Å². The van der Waals surface area contributed by atoms with Gasteiger partial charge in [-0.15, -0.1) is 90.7 Å². The van der Waals surface area contributed by atoms with Crippen molar-refractivity contribution < 1.29 is 0 Å². The number of fused-ring (bicyclic) bond motifs is 12. The first kappa shape index (κ1) is 49.0. The zero-order chi connectivity index (χ0) is 47.6. The molecule has 0 aliphatic heterocycles. The molecule has 0 saturated carbocycles. The molecule has 362 valence electrons. The monoisotopic (exact) mass is 1070 g/mol. The highest BCUT2D eigenvalue weighted by Crippen LogP contribution is 2.53. The summed E-state index contributed by atoms with van der Waals surface area (Å²) in [6.45, 7) is 9.22. The van der Waals surface area contributed by atoms with Gasteiger partial charge in [0.05, 0.1) is 20.4 Å². The minimum absolute atomic E-state index is 1.17. The van der Waals surface area contributed by atoms with Gasteiger partial charge < -0.3 is 0 Å². The Labute approximate surface area is 447 Å². The topological polar surface area (TPSA) is 12.9 Å². The van der Waals surface area contributed by atoms with Crippen LogP contribution < -0.4 is 0 Å². The fraction of sp³-hybridized carbons (Fsp3) is 0.393. The van der Waals surface area contributed by atoms with Crippen LogP contribution in [0.25, 0.3) is 101 Å². The van der Waals surface area contributed by atoms with Crippen LogP contribution in [-0.4, -0.2) is 4.98 Å². The Kier molecular flexibility index (Phi) is 15.7. The molecule has 0 spiro atoms. The number of hydrogen-bond acceptors (Lipinski definition) is 9. The Morgan fingerprint density at radius 3 is 0.857 bits per heavy atom. The van der Waals surface area contributed by atoms with Crippen molar-refractivity contribution in [3.05, 3.63) is 98.4 Å². The molecule has 0 radical (unpaired) electrons. The largest absolute Gasteiger partial charge is 0.245 e. The lowest BCUT2D eigenvalue weighted by Gasteiger charge is -2.07. The zero-order valence-electron chi connectivity index (χ0n) is 41.4. The van der Waals surface area contributed by atoms with E-state index in [9.17, 15) is 0 Å². The molecule has 0 unspecified atom stereocenters. The van der Waals surface area contributed by atoms with Gasteiger partial charge in [0.25, 0.3) is 0 Å². The molecule has 0 atom stereocenters. The molecule has 0 aliphatic carbocycles. The second kappa shape index (κ2) is 22.5. The molecule has 0 saturated heterocycles. The summed E-state index contributed by atoms with van der Waals surface area (Å²) >= 11 is 16.0. The fourth-order valence-corrected chi connectivity index (χ4v) is 19.5. The lowest BCUT2D eigenvalue weighted by molar-refractivity contribution is 0.670. The van der Waals surface area contributed by atoms with E-state index in [2.05, 4.69) is 107 Å². The molecule has 9 heterocycles. The van der Waals surface area contributed by atoms with Gasteiger partial charge in [0.1, 0.15) is 0 Å². The van der Waals surface area contributed by atoms with E-state index in [1.54, 1.807) is 0 Å². The summed E-state index contributed by atoms with van der Waals surface area (Å²) in [7, 11) is 0. The number of aromatic nitrogens is 1. The molecular formula is C61H65NS8. The van der Waals surface area contributed by atoms with E-state index in [0.717, 1.165) is 0 Å². The molecule has 1 nitrogen and oxygen atoms in total. The van der Waals surface area contributed by atoms with Gasteiger partial charge in [-0.1, -0.05) is 105 Å². The second-order valence-corrected chi connectivity index (χ2v) is 28.4. The first-order valence-corrected chi connectivity index (χ1v) is 33.0. The Hall–Kier alpha value is -3.25. The number of thiophene rings is 8. The molecular weight excluding hydrogens is 1000 g/mol. The molecule has 11 rings (SSSR count). The highest BCUT2D eigenvalue weighted by molar-refractivity contribution is 7.30. The predicted octanol–water partition coefficient (Wildman–Crippen LogP) is 23.7. The van der Waals surface area contributed by atoms with Crippen LogP contribution in [0.1, 0.15) is 150 Å². The standard InChI is InChI=1S/C61H65NS8/c1-5-9-13-17-21-38-25-29-48(63-38)52-34-42-44-36-54(50-31-27-40(65-50)23-19-15-11-7-3)69-60(44)56-46(58(42)67-52)33-47-57(62-56)61-45(37-55(70-61)51-32-28-41(66-51)24-20-16-12-8-4)43-35-53(68-59(43)47)49-30-26-39(64-49)22-18-14-10-6-2/h25-37H,5-24H2,1-4H3. The normalized spacial score (nSPS) is 12.3. The molecule has 9 heteroatoms. The molecule has 9 aromatic heterocycles. The van der Waals surface area contributed by atoms with Crippen LogP contribution in [0.5, 0.6) is 0 Å². The van der Waals surface area contributed by atoms with Crippen LogP contribution in [0.4, 0.5) is 0 Å². The van der Waals surface area contributed by atoms with Crippen molar-refractivity contribution >= 4 is 153 Å². The smallest absolute Gasteiger partial charge is 0.0903 e. The molecule has 70 heavy (non-hydrogen) atoms. The maximum absolute atomic E-state index is 5.99. The van der Waals surface area contributed by atoms with Gasteiger partial charge >= 0.3 is 0 Å². The van der Waals surface area contributed by atoms with Gasteiger partial charge in [0.15, 0.2) is 0 Å². The number of aryl methyl sites for hydroxylation is 4. The number of benzene rings is 2. The van der Waals surface area contributed by atoms with Crippen molar-refractivity contribution in [1.82, 2.24) is 4.98 Å². The molecule has 0 fully saturated rings. The van der Waals surface area contributed by atoms with Crippen LogP contribution >= 0.6 is 90.7 Å². The number of hydrogen-bond donors (Lipinski definition) is 0. The number of unbranched alkanes of at least 4 members (excludes halogenated alkanes) is 12. The van der Waals surface area contributed by atoms with Gasteiger partial charge in [0.2, 0.25) is 0 Å². The third-order valence-electron chi connectivity index (χ3n) is 14.2. The molecule has 0 N–H and O–H groups in total. The maximum atomic E-state index is 5.99. The molecule has 2 aromatic carbocycles. The third kappa shape index (κ3) is 10.2. The minimum Gasteiger partial charge on any atom is -0.245 e. The predicted molar refractivity (Wildman–Crippen MR) is 325 cm³/mol. The van der Waals surface area contributed by atoms with Gasteiger partial charge in [-0.2, -0.15) is 0 Å². The van der Waals surface area contributed by atoms with Crippen molar-refractivity contribution in [3.63, 3.8) is 0 Å². The van der Waals surface area contributed by atoms with E-state index in [4.69, 9.17) is 4.98 Å². The van der Waals surface area contributed by atoms with Crippen LogP contribution in [0.15, 0.2) is 78.9 Å². The Morgan fingerprint density at radius 2 is 0.557 bits per heavy atom. The van der Waals surface area contributed by atoms with Crippen molar-refractivity contribution in [3.8, 4) is 39.0 Å². The van der Waals surface area contributed by atoms with Crippen molar-refractivity contribution in [2.75, 3.05) is 0 Å². The summed E-state index contributed by atoms with van der Waals surface area (Å²) in [5, 5.41) is 8.11. The summed E-state index contributed by atoms with van der Waals surface area (Å²) in [5.74, 6) is 0. The maximum Gasteiger partial charge on any atom is 0.0903 e. The average molecular weight is 1070 g/mol. The van der Waals surface area contributed by atoms with E-state index in [-0.39, 0.29) is 0 Å². The van der Waals surface area contributed by atoms with Crippen LogP contribution in [0.3, 0.4) is 0 Å². The van der Waals surface area contributed by atoms with Crippen LogP contribution in [0, 0.1) is 0 Å². The van der Waals surface area contributed by atoms with E-state index in [1.165, 1.54) is 249 Å². The summed E-state index contributed by atoms with van der Waals surface area (Å²) < 4.78 is 5.42. The first-order valence-electron chi connectivity index (χ1n) is 26.5. The summed E-state index contributed by atoms with van der Waals surface area (Å²) in [6, 6.07) is 31.9. The van der Waals surface area contributed by atoms with Crippen LogP contribution in [-0.2, 0) is 25.7 Å². The Balaban J connectivity index is 1.09. The van der Waals surface area contributed by atoms with Gasteiger partial charge in [-0.3, -0.25) is 0 Å². The highest BCUT2D eigenvalue weighted by Gasteiger charge is 2.24. The number of nitrogens with zero attached hydrogens (tertiary/aromatic N) is 1. The quantitative estimate of drug-likeness (QED) is 0.0434. The van der Waals surface area contributed by atoms with Crippen molar-refractivity contribution in [2.24, 2.45) is 0 Å².